The number of pyridine rings is 1. The SMILES string of the molecule is CC[C@@H](Cc1ccncc1)C(=O)C[C@@H](CO)C(N)=O. The number of aromatic nitrogens is 1. The molecule has 0 fully saturated rings. The molecule has 0 bridgehead atoms. The molecule has 104 valence electrons. The van der Waals surface area contributed by atoms with Crippen LogP contribution in [0.3, 0.4) is 0 Å². The lowest BCUT2D eigenvalue weighted by atomic mass is 9.88. The van der Waals surface area contributed by atoms with Crippen LogP contribution in [-0.4, -0.2) is 28.4 Å². The van der Waals surface area contributed by atoms with Crippen LogP contribution < -0.4 is 5.73 Å². The van der Waals surface area contributed by atoms with Crippen molar-refractivity contribution in [3.8, 4) is 0 Å². The van der Waals surface area contributed by atoms with Crippen molar-refractivity contribution in [1.82, 2.24) is 4.98 Å². The highest BCUT2D eigenvalue weighted by atomic mass is 16.3. The quantitative estimate of drug-likeness (QED) is 0.723. The number of carbonyl (C=O) groups is 2. The van der Waals surface area contributed by atoms with Crippen LogP contribution in [0.5, 0.6) is 0 Å². The molecule has 0 aliphatic carbocycles. The minimum atomic E-state index is -0.779. The van der Waals surface area contributed by atoms with E-state index in [9.17, 15) is 9.59 Å². The van der Waals surface area contributed by atoms with Gasteiger partial charge in [0.25, 0.3) is 0 Å². The maximum absolute atomic E-state index is 12.1. The Morgan fingerprint density at radius 3 is 2.42 bits per heavy atom. The molecule has 2 atom stereocenters. The zero-order valence-electron chi connectivity index (χ0n) is 11.1. The second-order valence-corrected chi connectivity index (χ2v) is 4.62. The van der Waals surface area contributed by atoms with Gasteiger partial charge in [0.05, 0.1) is 12.5 Å². The lowest BCUT2D eigenvalue weighted by molar-refractivity contribution is -0.130. The fourth-order valence-electron chi connectivity index (χ4n) is 1.95. The molecule has 0 unspecified atom stereocenters. The maximum Gasteiger partial charge on any atom is 0.223 e. The fourth-order valence-corrected chi connectivity index (χ4v) is 1.95. The number of rotatable bonds is 8. The van der Waals surface area contributed by atoms with Gasteiger partial charge in [0, 0.05) is 24.7 Å². The number of carbonyl (C=O) groups excluding carboxylic acids is 2. The van der Waals surface area contributed by atoms with Crippen LogP contribution in [0.15, 0.2) is 24.5 Å². The Bertz CT molecular complexity index is 420. The summed E-state index contributed by atoms with van der Waals surface area (Å²) in [5.41, 5.74) is 6.17. The Balaban J connectivity index is 2.64. The average Bonchev–Trinajstić information content (AvgIpc) is 2.42. The Morgan fingerprint density at radius 1 is 1.32 bits per heavy atom. The predicted octanol–water partition coefficient (Wildman–Crippen LogP) is 0.703. The van der Waals surface area contributed by atoms with Gasteiger partial charge in [0.2, 0.25) is 5.91 Å². The number of nitrogens with zero attached hydrogens (tertiary/aromatic N) is 1. The van der Waals surface area contributed by atoms with Crippen molar-refractivity contribution in [1.29, 1.82) is 0 Å². The molecule has 19 heavy (non-hydrogen) atoms. The molecule has 5 heteroatoms. The lowest BCUT2D eigenvalue weighted by Crippen LogP contribution is -2.30. The molecule has 1 rings (SSSR count). The van der Waals surface area contributed by atoms with Crippen molar-refractivity contribution < 1.29 is 14.7 Å². The number of Topliss-reactive ketones (excluding diaryl/α,β-unsaturated/α-hetero) is 1. The van der Waals surface area contributed by atoms with E-state index in [1.807, 2.05) is 19.1 Å². The van der Waals surface area contributed by atoms with Crippen molar-refractivity contribution in [2.45, 2.75) is 26.2 Å². The highest BCUT2D eigenvalue weighted by molar-refractivity contribution is 5.87. The van der Waals surface area contributed by atoms with E-state index in [4.69, 9.17) is 10.8 Å². The van der Waals surface area contributed by atoms with E-state index in [1.54, 1.807) is 12.4 Å². The normalized spacial score (nSPS) is 13.8. The molecule has 0 saturated carbocycles. The Labute approximate surface area is 112 Å². The first-order valence-corrected chi connectivity index (χ1v) is 6.40. The number of aliphatic hydroxyl groups excluding tert-OH is 1. The smallest absolute Gasteiger partial charge is 0.223 e. The highest BCUT2D eigenvalue weighted by Gasteiger charge is 2.23. The van der Waals surface area contributed by atoms with E-state index >= 15 is 0 Å². The van der Waals surface area contributed by atoms with Gasteiger partial charge in [-0.2, -0.15) is 0 Å². The molecule has 0 aromatic carbocycles. The van der Waals surface area contributed by atoms with Crippen molar-refractivity contribution in [2.24, 2.45) is 17.6 Å². The number of aliphatic hydroxyl groups is 1. The zero-order valence-corrected chi connectivity index (χ0v) is 11.1. The zero-order chi connectivity index (χ0) is 14.3. The van der Waals surface area contributed by atoms with Crippen LogP contribution in [0.1, 0.15) is 25.3 Å². The van der Waals surface area contributed by atoms with Gasteiger partial charge in [0.1, 0.15) is 5.78 Å². The van der Waals surface area contributed by atoms with Crippen LogP contribution in [0, 0.1) is 11.8 Å². The molecule has 0 radical (unpaired) electrons. The van der Waals surface area contributed by atoms with Crippen molar-refractivity contribution >= 4 is 11.7 Å². The van der Waals surface area contributed by atoms with Gasteiger partial charge in [-0.3, -0.25) is 14.6 Å². The average molecular weight is 264 g/mol. The summed E-state index contributed by atoms with van der Waals surface area (Å²) in [5.74, 6) is -1.60. The molecular weight excluding hydrogens is 244 g/mol. The number of hydrogen-bond donors (Lipinski definition) is 2. The standard InChI is InChI=1S/C14H20N2O3/c1-2-11(7-10-3-5-16-6-4-10)13(18)8-12(9-17)14(15)19/h3-6,11-12,17H,2,7-9H2,1H3,(H2,15,19)/t11-,12-/m0/s1. The summed E-state index contributed by atoms with van der Waals surface area (Å²) >= 11 is 0. The third-order valence-corrected chi connectivity index (χ3v) is 3.25. The highest BCUT2D eigenvalue weighted by Crippen LogP contribution is 2.17. The molecule has 3 N–H and O–H groups in total. The monoisotopic (exact) mass is 264 g/mol. The fraction of sp³-hybridized carbons (Fsp3) is 0.500. The summed E-state index contributed by atoms with van der Waals surface area (Å²) in [6, 6.07) is 3.74. The summed E-state index contributed by atoms with van der Waals surface area (Å²) in [7, 11) is 0. The third kappa shape index (κ3) is 4.79. The van der Waals surface area contributed by atoms with E-state index in [0.717, 1.165) is 5.56 Å². The van der Waals surface area contributed by atoms with Crippen LogP contribution in [-0.2, 0) is 16.0 Å². The van der Waals surface area contributed by atoms with Crippen LogP contribution in [0.2, 0.25) is 0 Å². The second kappa shape index (κ2) is 7.63. The van der Waals surface area contributed by atoms with Gasteiger partial charge < -0.3 is 10.8 Å². The van der Waals surface area contributed by atoms with Crippen LogP contribution >= 0.6 is 0 Å². The third-order valence-electron chi connectivity index (χ3n) is 3.25. The Hall–Kier alpha value is -1.75. The summed E-state index contributed by atoms with van der Waals surface area (Å²) in [6.07, 6.45) is 4.70. The maximum atomic E-state index is 12.1. The summed E-state index contributed by atoms with van der Waals surface area (Å²) in [4.78, 5) is 27.1. The van der Waals surface area contributed by atoms with E-state index in [-0.39, 0.29) is 24.7 Å². The molecule has 0 spiro atoms. The van der Waals surface area contributed by atoms with Gasteiger partial charge in [-0.05, 0) is 30.5 Å². The number of amides is 1. The van der Waals surface area contributed by atoms with Gasteiger partial charge in [-0.15, -0.1) is 0 Å². The second-order valence-electron chi connectivity index (χ2n) is 4.62. The summed E-state index contributed by atoms with van der Waals surface area (Å²) in [6.45, 7) is 1.55. The molecule has 1 heterocycles. The van der Waals surface area contributed by atoms with Gasteiger partial charge >= 0.3 is 0 Å². The largest absolute Gasteiger partial charge is 0.396 e. The summed E-state index contributed by atoms with van der Waals surface area (Å²) < 4.78 is 0. The van der Waals surface area contributed by atoms with Gasteiger partial charge in [-0.25, -0.2) is 0 Å². The molecule has 1 aromatic heterocycles. The number of hydrogen-bond acceptors (Lipinski definition) is 4. The summed E-state index contributed by atoms with van der Waals surface area (Å²) in [5, 5.41) is 9.03. The predicted molar refractivity (Wildman–Crippen MR) is 71.1 cm³/mol. The Kier molecular flexibility index (Phi) is 6.15. The lowest BCUT2D eigenvalue weighted by Gasteiger charge is -2.16. The van der Waals surface area contributed by atoms with E-state index in [2.05, 4.69) is 4.98 Å². The minimum Gasteiger partial charge on any atom is -0.396 e. The van der Waals surface area contributed by atoms with E-state index < -0.39 is 11.8 Å². The van der Waals surface area contributed by atoms with Crippen molar-refractivity contribution in [3.63, 3.8) is 0 Å². The first-order chi connectivity index (χ1) is 9.08. The minimum absolute atomic E-state index is 0.00935. The topological polar surface area (TPSA) is 93.3 Å². The molecule has 1 aromatic rings. The molecule has 0 aliphatic heterocycles. The first-order valence-electron chi connectivity index (χ1n) is 6.40. The van der Waals surface area contributed by atoms with Crippen LogP contribution in [0.25, 0.3) is 0 Å². The number of ketones is 1. The van der Waals surface area contributed by atoms with Crippen LogP contribution in [0.4, 0.5) is 0 Å². The number of primary amides is 1. The molecular formula is C14H20N2O3. The van der Waals surface area contributed by atoms with Crippen molar-refractivity contribution in [3.05, 3.63) is 30.1 Å². The van der Waals surface area contributed by atoms with E-state index in [0.29, 0.717) is 12.8 Å². The van der Waals surface area contributed by atoms with Crippen molar-refractivity contribution in [2.75, 3.05) is 6.61 Å². The molecule has 0 saturated heterocycles. The molecule has 5 nitrogen and oxygen atoms in total. The Morgan fingerprint density at radius 2 is 1.95 bits per heavy atom. The first kappa shape index (κ1) is 15.3. The van der Waals surface area contributed by atoms with Gasteiger partial charge in [-0.1, -0.05) is 6.92 Å². The van der Waals surface area contributed by atoms with E-state index in [1.165, 1.54) is 0 Å². The molecule has 1 amide bonds. The number of nitrogens with two attached hydrogens (primary N) is 1. The van der Waals surface area contributed by atoms with Gasteiger partial charge in [0.15, 0.2) is 0 Å². The molecule has 0 aliphatic rings.